The Kier molecular flexibility index (Phi) is 5.02. The number of aromatic nitrogens is 2. The van der Waals surface area contributed by atoms with E-state index >= 15 is 0 Å². The lowest BCUT2D eigenvalue weighted by molar-refractivity contribution is 0.664. The van der Waals surface area contributed by atoms with Crippen molar-refractivity contribution in [1.29, 1.82) is 0 Å². The normalized spacial score (nSPS) is 10.1. The van der Waals surface area contributed by atoms with E-state index in [0.717, 1.165) is 12.0 Å². The number of terminal acetylenes is 1. The second kappa shape index (κ2) is 6.96. The van der Waals surface area contributed by atoms with E-state index in [4.69, 9.17) is 18.0 Å². The molecule has 0 aliphatic heterocycles. The molecular weight excluding hydrogens is 286 g/mol. The molecule has 0 bridgehead atoms. The fourth-order valence-corrected chi connectivity index (χ4v) is 2.28. The van der Waals surface area contributed by atoms with Gasteiger partial charge in [0, 0.05) is 6.54 Å². The second-order valence-electron chi connectivity index (χ2n) is 4.51. The summed E-state index contributed by atoms with van der Waals surface area (Å²) in [7, 11) is 0. The molecule has 0 unspecified atom stereocenters. The molecule has 108 valence electrons. The lowest BCUT2D eigenvalue weighted by atomic mass is 10.1. The van der Waals surface area contributed by atoms with Crippen LogP contribution in [0.15, 0.2) is 35.3 Å². The van der Waals surface area contributed by atoms with Gasteiger partial charge in [0.2, 0.25) is 0 Å². The minimum Gasteiger partial charge on any atom is -0.375 e. The third kappa shape index (κ3) is 3.45. The SMILES string of the molecule is C#CCn1ncc(Cl)c(NCc2ccccc2CC)c1=O. The first kappa shape index (κ1) is 15.1. The van der Waals surface area contributed by atoms with E-state index in [1.54, 1.807) is 0 Å². The van der Waals surface area contributed by atoms with Crippen LogP contribution in [-0.4, -0.2) is 9.78 Å². The van der Waals surface area contributed by atoms with Crippen molar-refractivity contribution in [1.82, 2.24) is 9.78 Å². The van der Waals surface area contributed by atoms with E-state index in [2.05, 4.69) is 29.3 Å². The number of hydrogen-bond donors (Lipinski definition) is 1. The first-order valence-corrected chi connectivity index (χ1v) is 7.05. The van der Waals surface area contributed by atoms with Gasteiger partial charge in [-0.25, -0.2) is 4.68 Å². The van der Waals surface area contributed by atoms with Crippen molar-refractivity contribution >= 4 is 17.3 Å². The van der Waals surface area contributed by atoms with Gasteiger partial charge in [0.1, 0.15) is 12.2 Å². The molecule has 0 aliphatic carbocycles. The summed E-state index contributed by atoms with van der Waals surface area (Å²) in [4.78, 5) is 12.2. The molecule has 0 saturated heterocycles. The molecular formula is C16H16ClN3O. The number of halogens is 1. The zero-order valence-electron chi connectivity index (χ0n) is 11.8. The van der Waals surface area contributed by atoms with Gasteiger partial charge in [-0.2, -0.15) is 5.10 Å². The Morgan fingerprint density at radius 1 is 1.38 bits per heavy atom. The van der Waals surface area contributed by atoms with E-state index < -0.39 is 0 Å². The summed E-state index contributed by atoms with van der Waals surface area (Å²) in [6, 6.07) is 8.07. The van der Waals surface area contributed by atoms with Crippen LogP contribution in [0.4, 0.5) is 5.69 Å². The number of nitrogens with one attached hydrogen (secondary N) is 1. The fraction of sp³-hybridized carbons (Fsp3) is 0.250. The lowest BCUT2D eigenvalue weighted by Gasteiger charge is -2.11. The molecule has 4 nitrogen and oxygen atoms in total. The van der Waals surface area contributed by atoms with E-state index in [-0.39, 0.29) is 12.1 Å². The third-order valence-electron chi connectivity index (χ3n) is 3.19. The molecule has 0 saturated carbocycles. The summed E-state index contributed by atoms with van der Waals surface area (Å²) in [6.45, 7) is 2.74. The van der Waals surface area contributed by atoms with E-state index in [9.17, 15) is 4.79 Å². The third-order valence-corrected chi connectivity index (χ3v) is 3.48. The maximum Gasteiger partial charge on any atom is 0.292 e. The van der Waals surface area contributed by atoms with Crippen LogP contribution >= 0.6 is 11.6 Å². The Labute approximate surface area is 128 Å². The van der Waals surface area contributed by atoms with Gasteiger partial charge in [-0.05, 0) is 17.5 Å². The quantitative estimate of drug-likeness (QED) is 0.864. The van der Waals surface area contributed by atoms with Gasteiger partial charge >= 0.3 is 0 Å². The van der Waals surface area contributed by atoms with Crippen LogP contribution in [0.2, 0.25) is 5.02 Å². The molecule has 1 heterocycles. The Balaban J connectivity index is 2.26. The Morgan fingerprint density at radius 3 is 2.76 bits per heavy atom. The van der Waals surface area contributed by atoms with Crippen molar-refractivity contribution in [3.8, 4) is 12.3 Å². The molecule has 0 aliphatic rings. The summed E-state index contributed by atoms with van der Waals surface area (Å²) in [5.41, 5.74) is 2.39. The molecule has 0 amide bonds. The van der Waals surface area contributed by atoms with E-state index in [1.165, 1.54) is 16.4 Å². The van der Waals surface area contributed by atoms with Crippen LogP contribution in [0.5, 0.6) is 0 Å². The fourth-order valence-electron chi connectivity index (χ4n) is 2.09. The Hall–Kier alpha value is -2.25. The second-order valence-corrected chi connectivity index (χ2v) is 4.92. The summed E-state index contributed by atoms with van der Waals surface area (Å²) >= 11 is 6.05. The molecule has 1 N–H and O–H groups in total. The molecule has 1 aromatic carbocycles. The number of nitrogens with zero attached hydrogens (tertiary/aromatic N) is 2. The molecule has 2 rings (SSSR count). The van der Waals surface area contributed by atoms with Crippen molar-refractivity contribution in [2.24, 2.45) is 0 Å². The average Bonchev–Trinajstić information content (AvgIpc) is 2.50. The predicted molar refractivity (Wildman–Crippen MR) is 85.5 cm³/mol. The monoisotopic (exact) mass is 301 g/mol. The molecule has 0 radical (unpaired) electrons. The molecule has 5 heteroatoms. The van der Waals surface area contributed by atoms with Crippen molar-refractivity contribution in [2.45, 2.75) is 26.4 Å². The summed E-state index contributed by atoms with van der Waals surface area (Å²) in [6.07, 6.45) is 7.58. The van der Waals surface area contributed by atoms with Crippen LogP contribution in [0.1, 0.15) is 18.1 Å². The van der Waals surface area contributed by atoms with Crippen molar-refractivity contribution in [3.05, 3.63) is 57.0 Å². The summed E-state index contributed by atoms with van der Waals surface area (Å²) in [5, 5.41) is 7.30. The maximum absolute atomic E-state index is 12.2. The summed E-state index contributed by atoms with van der Waals surface area (Å²) in [5.74, 6) is 2.39. The lowest BCUT2D eigenvalue weighted by Crippen LogP contribution is -2.25. The van der Waals surface area contributed by atoms with E-state index in [0.29, 0.717) is 17.3 Å². The van der Waals surface area contributed by atoms with Crippen molar-refractivity contribution in [3.63, 3.8) is 0 Å². The van der Waals surface area contributed by atoms with E-state index in [1.807, 2.05) is 18.2 Å². The number of anilines is 1. The number of aryl methyl sites for hydroxylation is 1. The van der Waals surface area contributed by atoms with Gasteiger partial charge in [0.05, 0.1) is 11.2 Å². The molecule has 0 atom stereocenters. The van der Waals surface area contributed by atoms with Crippen molar-refractivity contribution in [2.75, 3.05) is 5.32 Å². The highest BCUT2D eigenvalue weighted by Gasteiger charge is 2.10. The first-order valence-electron chi connectivity index (χ1n) is 6.67. The first-order chi connectivity index (χ1) is 10.2. The standard InChI is InChI=1S/C16H16ClN3O/c1-3-9-20-16(21)15(14(17)11-19-20)18-10-13-8-6-5-7-12(13)4-2/h1,5-8,11,18H,4,9-10H2,2H3. The van der Waals surface area contributed by atoms with Crippen LogP contribution in [-0.2, 0) is 19.5 Å². The molecule has 1 aromatic heterocycles. The number of hydrogen-bond acceptors (Lipinski definition) is 3. The van der Waals surface area contributed by atoms with Crippen LogP contribution < -0.4 is 10.9 Å². The zero-order chi connectivity index (χ0) is 15.2. The smallest absolute Gasteiger partial charge is 0.292 e. The summed E-state index contributed by atoms with van der Waals surface area (Å²) < 4.78 is 1.21. The maximum atomic E-state index is 12.2. The van der Waals surface area contributed by atoms with Gasteiger partial charge in [-0.3, -0.25) is 4.79 Å². The minimum atomic E-state index is -0.311. The highest BCUT2D eigenvalue weighted by Crippen LogP contribution is 2.17. The van der Waals surface area contributed by atoms with Gasteiger partial charge in [-0.15, -0.1) is 6.42 Å². The largest absolute Gasteiger partial charge is 0.375 e. The average molecular weight is 302 g/mol. The van der Waals surface area contributed by atoms with Gasteiger partial charge < -0.3 is 5.32 Å². The van der Waals surface area contributed by atoms with Gasteiger partial charge in [0.15, 0.2) is 0 Å². The predicted octanol–water partition coefficient (Wildman–Crippen LogP) is 2.70. The Morgan fingerprint density at radius 2 is 2.10 bits per heavy atom. The van der Waals surface area contributed by atoms with Crippen LogP contribution in [0.3, 0.4) is 0 Å². The molecule has 21 heavy (non-hydrogen) atoms. The Bertz CT molecular complexity index is 731. The van der Waals surface area contributed by atoms with Gasteiger partial charge in [-0.1, -0.05) is 48.7 Å². The van der Waals surface area contributed by atoms with Crippen molar-refractivity contribution < 1.29 is 0 Å². The highest BCUT2D eigenvalue weighted by atomic mass is 35.5. The van der Waals surface area contributed by atoms with Crippen LogP contribution in [0.25, 0.3) is 0 Å². The molecule has 0 fully saturated rings. The van der Waals surface area contributed by atoms with Gasteiger partial charge in [0.25, 0.3) is 5.56 Å². The number of benzene rings is 1. The topological polar surface area (TPSA) is 46.9 Å². The molecule has 2 aromatic rings. The number of rotatable bonds is 5. The highest BCUT2D eigenvalue weighted by molar-refractivity contribution is 6.32. The zero-order valence-corrected chi connectivity index (χ0v) is 12.5. The minimum absolute atomic E-state index is 0.121. The molecule has 0 spiro atoms. The van der Waals surface area contributed by atoms with Crippen LogP contribution in [0, 0.1) is 12.3 Å².